The lowest BCUT2D eigenvalue weighted by Crippen LogP contribution is -2.32. The first-order valence-corrected chi connectivity index (χ1v) is 8.20. The molecular weight excluding hydrogens is 302 g/mol. The number of fused-ring (bicyclic) bond motifs is 2. The fourth-order valence-electron chi connectivity index (χ4n) is 3.59. The first-order valence-electron chi connectivity index (χ1n) is 8.20. The fourth-order valence-corrected chi connectivity index (χ4v) is 3.59. The van der Waals surface area contributed by atoms with Gasteiger partial charge >= 0.3 is 0 Å². The van der Waals surface area contributed by atoms with E-state index in [4.69, 9.17) is 0 Å². The number of benzene rings is 1. The van der Waals surface area contributed by atoms with Crippen molar-refractivity contribution in [2.24, 2.45) is 7.05 Å². The van der Waals surface area contributed by atoms with Crippen molar-refractivity contribution in [2.45, 2.75) is 25.3 Å². The van der Waals surface area contributed by atoms with Gasteiger partial charge in [-0.05, 0) is 36.5 Å². The molecule has 3 aromatic rings. The van der Waals surface area contributed by atoms with Gasteiger partial charge in [0, 0.05) is 24.8 Å². The van der Waals surface area contributed by atoms with Gasteiger partial charge in [-0.25, -0.2) is 0 Å². The molecule has 122 valence electrons. The van der Waals surface area contributed by atoms with Crippen LogP contribution in [0.25, 0.3) is 10.9 Å². The molecule has 0 saturated carbocycles. The molecule has 2 heterocycles. The molecule has 2 N–H and O–H groups in total. The number of nitrogens with one attached hydrogen (secondary N) is 2. The molecule has 0 bridgehead atoms. The Hall–Kier alpha value is -2.82. The van der Waals surface area contributed by atoms with E-state index in [-0.39, 0.29) is 17.5 Å². The van der Waals surface area contributed by atoms with Crippen LogP contribution in [-0.4, -0.2) is 15.5 Å². The number of aromatic amines is 1. The van der Waals surface area contributed by atoms with Crippen LogP contribution in [-0.2, 0) is 13.5 Å². The number of pyridine rings is 1. The summed E-state index contributed by atoms with van der Waals surface area (Å²) in [4.78, 5) is 27.9. The van der Waals surface area contributed by atoms with Gasteiger partial charge in [0.1, 0.15) is 5.52 Å². The van der Waals surface area contributed by atoms with E-state index in [2.05, 4.69) is 22.4 Å². The van der Waals surface area contributed by atoms with Crippen molar-refractivity contribution >= 4 is 16.8 Å². The Morgan fingerprint density at radius 2 is 2.12 bits per heavy atom. The van der Waals surface area contributed by atoms with Crippen molar-refractivity contribution in [3.63, 3.8) is 0 Å². The van der Waals surface area contributed by atoms with E-state index in [0.717, 1.165) is 19.3 Å². The number of hydrogen-bond donors (Lipinski definition) is 2. The number of amides is 1. The smallest absolute Gasteiger partial charge is 0.274 e. The van der Waals surface area contributed by atoms with Crippen molar-refractivity contribution < 1.29 is 4.79 Å². The molecule has 1 aromatic carbocycles. The molecule has 1 atom stereocenters. The molecule has 5 nitrogen and oxygen atoms in total. The van der Waals surface area contributed by atoms with Crippen molar-refractivity contribution in [2.75, 3.05) is 0 Å². The van der Waals surface area contributed by atoms with Gasteiger partial charge in [0.25, 0.3) is 11.5 Å². The highest BCUT2D eigenvalue weighted by Crippen LogP contribution is 2.30. The van der Waals surface area contributed by atoms with Crippen LogP contribution < -0.4 is 10.9 Å². The number of aromatic nitrogens is 2. The lowest BCUT2D eigenvalue weighted by molar-refractivity contribution is 0.0933. The largest absolute Gasteiger partial charge is 0.357 e. The van der Waals surface area contributed by atoms with Gasteiger partial charge in [0.05, 0.1) is 11.6 Å². The standard InChI is InChI=1S/C19H19N3O2/c1-22-11-15(14-9-10-20-17(14)19(22)24)18(23)21-16-8-4-6-12-5-2-3-7-13(12)16/h2-3,5,7,9-11,16,20H,4,6,8H2,1H3,(H,21,23). The molecule has 1 aliphatic rings. The van der Waals surface area contributed by atoms with E-state index in [1.165, 1.54) is 15.7 Å². The lowest BCUT2D eigenvalue weighted by Gasteiger charge is -2.26. The second kappa shape index (κ2) is 5.67. The molecule has 1 aliphatic carbocycles. The topological polar surface area (TPSA) is 66.9 Å². The van der Waals surface area contributed by atoms with Crippen LogP contribution in [0.3, 0.4) is 0 Å². The summed E-state index contributed by atoms with van der Waals surface area (Å²) in [6.45, 7) is 0. The van der Waals surface area contributed by atoms with Crippen LogP contribution in [0.5, 0.6) is 0 Å². The molecule has 2 aromatic heterocycles. The summed E-state index contributed by atoms with van der Waals surface area (Å²) in [5, 5.41) is 3.82. The Kier molecular flexibility index (Phi) is 3.49. The number of carbonyl (C=O) groups is 1. The van der Waals surface area contributed by atoms with Gasteiger partial charge in [-0.2, -0.15) is 0 Å². The number of nitrogens with zero attached hydrogens (tertiary/aromatic N) is 1. The number of hydrogen-bond acceptors (Lipinski definition) is 2. The highest BCUT2D eigenvalue weighted by molar-refractivity contribution is 6.06. The van der Waals surface area contributed by atoms with E-state index in [1.807, 2.05) is 12.1 Å². The monoisotopic (exact) mass is 321 g/mol. The molecular formula is C19H19N3O2. The molecule has 4 rings (SSSR count). The molecule has 0 radical (unpaired) electrons. The van der Waals surface area contributed by atoms with Crippen LogP contribution in [0.2, 0.25) is 0 Å². The zero-order valence-electron chi connectivity index (χ0n) is 13.5. The second-order valence-electron chi connectivity index (χ2n) is 6.34. The number of aryl methyl sites for hydroxylation is 2. The Morgan fingerprint density at radius 1 is 1.29 bits per heavy atom. The first kappa shape index (κ1) is 14.8. The van der Waals surface area contributed by atoms with Gasteiger partial charge in [-0.15, -0.1) is 0 Å². The third-order valence-corrected chi connectivity index (χ3v) is 4.81. The highest BCUT2D eigenvalue weighted by Gasteiger charge is 2.23. The number of carbonyl (C=O) groups excluding carboxylic acids is 1. The normalized spacial score (nSPS) is 16.8. The Bertz CT molecular complexity index is 984. The van der Waals surface area contributed by atoms with Gasteiger partial charge < -0.3 is 14.9 Å². The molecule has 1 unspecified atom stereocenters. The first-order chi connectivity index (χ1) is 11.6. The summed E-state index contributed by atoms with van der Waals surface area (Å²) >= 11 is 0. The average molecular weight is 321 g/mol. The van der Waals surface area contributed by atoms with E-state index in [9.17, 15) is 9.59 Å². The van der Waals surface area contributed by atoms with Crippen molar-refractivity contribution in [1.82, 2.24) is 14.9 Å². The van der Waals surface area contributed by atoms with E-state index < -0.39 is 0 Å². The Labute approximate surface area is 139 Å². The minimum atomic E-state index is -0.142. The summed E-state index contributed by atoms with van der Waals surface area (Å²) in [5.74, 6) is -0.142. The van der Waals surface area contributed by atoms with Crippen LogP contribution in [0, 0.1) is 0 Å². The van der Waals surface area contributed by atoms with Crippen molar-refractivity contribution in [1.29, 1.82) is 0 Å². The van der Waals surface area contributed by atoms with Gasteiger partial charge in [-0.3, -0.25) is 9.59 Å². The maximum absolute atomic E-state index is 12.9. The summed E-state index contributed by atoms with van der Waals surface area (Å²) in [5.41, 5.74) is 3.37. The third kappa shape index (κ3) is 2.33. The lowest BCUT2D eigenvalue weighted by atomic mass is 9.87. The third-order valence-electron chi connectivity index (χ3n) is 4.81. The quantitative estimate of drug-likeness (QED) is 0.762. The fraction of sp³-hybridized carbons (Fsp3) is 0.263. The Balaban J connectivity index is 1.70. The molecule has 24 heavy (non-hydrogen) atoms. The number of rotatable bonds is 2. The van der Waals surface area contributed by atoms with Gasteiger partial charge in [0.15, 0.2) is 0 Å². The van der Waals surface area contributed by atoms with Crippen LogP contribution in [0.4, 0.5) is 0 Å². The SMILES string of the molecule is Cn1cc(C(=O)NC2CCCc3ccccc32)c2cc[nH]c2c1=O. The second-order valence-corrected chi connectivity index (χ2v) is 6.34. The van der Waals surface area contributed by atoms with Crippen molar-refractivity contribution in [3.8, 4) is 0 Å². The minimum absolute atomic E-state index is 0.0219. The Morgan fingerprint density at radius 3 is 3.00 bits per heavy atom. The highest BCUT2D eigenvalue weighted by atomic mass is 16.2. The van der Waals surface area contributed by atoms with Gasteiger partial charge in [0.2, 0.25) is 0 Å². The molecule has 1 amide bonds. The zero-order chi connectivity index (χ0) is 16.7. The van der Waals surface area contributed by atoms with E-state index in [0.29, 0.717) is 16.5 Å². The molecule has 0 fully saturated rings. The average Bonchev–Trinajstić information content (AvgIpc) is 3.08. The predicted molar refractivity (Wildman–Crippen MR) is 93.1 cm³/mol. The van der Waals surface area contributed by atoms with Crippen molar-refractivity contribution in [3.05, 3.63) is 69.8 Å². The molecule has 0 aliphatic heterocycles. The predicted octanol–water partition coefficient (Wildman–Crippen LogP) is 2.67. The summed E-state index contributed by atoms with van der Waals surface area (Å²) in [6, 6.07) is 10.1. The maximum atomic E-state index is 12.9. The minimum Gasteiger partial charge on any atom is -0.357 e. The molecule has 0 spiro atoms. The van der Waals surface area contributed by atoms with E-state index in [1.54, 1.807) is 25.5 Å². The van der Waals surface area contributed by atoms with Gasteiger partial charge in [-0.1, -0.05) is 24.3 Å². The van der Waals surface area contributed by atoms with Crippen LogP contribution in [0.15, 0.2) is 47.5 Å². The maximum Gasteiger partial charge on any atom is 0.274 e. The molecule has 0 saturated heterocycles. The molecule has 5 heteroatoms. The van der Waals surface area contributed by atoms with Crippen LogP contribution in [0.1, 0.15) is 40.4 Å². The summed E-state index contributed by atoms with van der Waals surface area (Å²) < 4.78 is 1.45. The zero-order valence-corrected chi connectivity index (χ0v) is 13.5. The number of H-pyrrole nitrogens is 1. The van der Waals surface area contributed by atoms with Crippen LogP contribution >= 0.6 is 0 Å². The summed E-state index contributed by atoms with van der Waals surface area (Å²) in [7, 11) is 1.66. The van der Waals surface area contributed by atoms with E-state index >= 15 is 0 Å². The summed E-state index contributed by atoms with van der Waals surface area (Å²) in [6.07, 6.45) is 6.37.